The Balaban J connectivity index is 1.50. The highest BCUT2D eigenvalue weighted by Gasteiger charge is 2.40. The fraction of sp³-hybridized carbons (Fsp3) is 0.818. The quantitative estimate of drug-likeness (QED) is 0.656. The third kappa shape index (κ3) is 5.15. The van der Waals surface area contributed by atoms with Crippen molar-refractivity contribution in [3.63, 3.8) is 0 Å². The van der Waals surface area contributed by atoms with Crippen molar-refractivity contribution in [1.82, 2.24) is 15.1 Å². The number of carbonyl (C=O) groups excluding carboxylic acids is 2. The highest BCUT2D eigenvalue weighted by molar-refractivity contribution is 6.02. The van der Waals surface area contributed by atoms with E-state index in [2.05, 4.69) is 17.3 Å². The van der Waals surface area contributed by atoms with Crippen LogP contribution in [0.5, 0.6) is 0 Å². The minimum absolute atomic E-state index is 0.0224. The minimum Gasteiger partial charge on any atom is -0.383 e. The van der Waals surface area contributed by atoms with Crippen LogP contribution in [0.2, 0.25) is 0 Å². The summed E-state index contributed by atoms with van der Waals surface area (Å²) >= 11 is 0. The van der Waals surface area contributed by atoms with Crippen molar-refractivity contribution in [2.75, 3.05) is 40.4 Å². The number of amides is 2. The summed E-state index contributed by atoms with van der Waals surface area (Å²) in [5.41, 5.74) is 1.96. The molecule has 158 valence electrons. The smallest absolute Gasteiger partial charge is 0.250 e. The Hall–Kier alpha value is -1.40. The first-order valence-corrected chi connectivity index (χ1v) is 11.1. The number of likely N-dealkylation sites (N-methyl/N-ethyl adjacent to an activating group) is 1. The topological polar surface area (TPSA) is 61.9 Å². The highest BCUT2D eigenvalue weighted by atomic mass is 16.5. The Morgan fingerprint density at radius 3 is 2.68 bits per heavy atom. The molecule has 1 heterocycles. The van der Waals surface area contributed by atoms with Crippen LogP contribution in [0.3, 0.4) is 0 Å². The summed E-state index contributed by atoms with van der Waals surface area (Å²) in [5, 5.41) is 3.04. The molecule has 2 fully saturated rings. The second-order valence-electron chi connectivity index (χ2n) is 8.56. The number of hydrogen-bond acceptors (Lipinski definition) is 4. The van der Waals surface area contributed by atoms with Crippen LogP contribution in [0, 0.1) is 0 Å². The molecule has 0 bridgehead atoms. The maximum atomic E-state index is 12.9. The van der Waals surface area contributed by atoms with Gasteiger partial charge in [0.1, 0.15) is 0 Å². The van der Waals surface area contributed by atoms with E-state index in [1.165, 1.54) is 37.7 Å². The van der Waals surface area contributed by atoms with Crippen molar-refractivity contribution in [2.24, 2.45) is 0 Å². The van der Waals surface area contributed by atoms with Gasteiger partial charge in [0.05, 0.1) is 19.1 Å². The number of carbonyl (C=O) groups is 2. The summed E-state index contributed by atoms with van der Waals surface area (Å²) in [4.78, 5) is 29.8. The van der Waals surface area contributed by atoms with Crippen LogP contribution < -0.4 is 5.32 Å². The van der Waals surface area contributed by atoms with Crippen molar-refractivity contribution >= 4 is 11.8 Å². The van der Waals surface area contributed by atoms with Gasteiger partial charge < -0.3 is 19.9 Å². The summed E-state index contributed by atoms with van der Waals surface area (Å²) in [6.45, 7) is 2.68. The third-order valence-electron chi connectivity index (χ3n) is 6.72. The number of nitrogens with one attached hydrogen (secondary N) is 1. The van der Waals surface area contributed by atoms with Crippen molar-refractivity contribution in [3.8, 4) is 0 Å². The van der Waals surface area contributed by atoms with E-state index in [0.717, 1.165) is 37.8 Å². The fourth-order valence-electron chi connectivity index (χ4n) is 5.08. The Kier molecular flexibility index (Phi) is 7.91. The van der Waals surface area contributed by atoms with E-state index >= 15 is 0 Å². The molecule has 6 nitrogen and oxygen atoms in total. The predicted octanol–water partition coefficient (Wildman–Crippen LogP) is 2.49. The minimum atomic E-state index is -0.0224. The number of hydrogen-bond donors (Lipinski definition) is 1. The molecule has 0 aromatic rings. The molecule has 0 saturated heterocycles. The van der Waals surface area contributed by atoms with E-state index < -0.39 is 0 Å². The van der Waals surface area contributed by atoms with Crippen LogP contribution in [0.1, 0.15) is 64.2 Å². The summed E-state index contributed by atoms with van der Waals surface area (Å²) in [6.07, 6.45) is 11.0. The lowest BCUT2D eigenvalue weighted by Gasteiger charge is -2.31. The number of ether oxygens (including phenoxy) is 1. The molecule has 3 aliphatic rings. The van der Waals surface area contributed by atoms with Crippen LogP contribution in [-0.2, 0) is 14.3 Å². The first-order valence-electron chi connectivity index (χ1n) is 11.1. The van der Waals surface area contributed by atoms with Gasteiger partial charge in [-0.05, 0) is 44.7 Å². The van der Waals surface area contributed by atoms with Gasteiger partial charge in [-0.15, -0.1) is 0 Å². The SMILES string of the molecule is COCCN1C(=O)C(CC(=O)NCCN(C)C2CCCCC2)=C2CCCCC21. The normalized spacial score (nSPS) is 23.5. The summed E-state index contributed by atoms with van der Waals surface area (Å²) in [5.74, 6) is 0.0271. The molecule has 6 heteroatoms. The van der Waals surface area contributed by atoms with Gasteiger partial charge in [-0.2, -0.15) is 0 Å². The van der Waals surface area contributed by atoms with Gasteiger partial charge in [-0.1, -0.05) is 25.7 Å². The van der Waals surface area contributed by atoms with Gasteiger partial charge in [0, 0.05) is 38.4 Å². The van der Waals surface area contributed by atoms with Gasteiger partial charge in [0.2, 0.25) is 5.91 Å². The van der Waals surface area contributed by atoms with E-state index in [-0.39, 0.29) is 24.3 Å². The molecule has 1 N–H and O–H groups in total. The molecule has 2 saturated carbocycles. The number of nitrogens with zero attached hydrogens (tertiary/aromatic N) is 2. The molecule has 1 atom stereocenters. The van der Waals surface area contributed by atoms with Crippen molar-refractivity contribution < 1.29 is 14.3 Å². The van der Waals surface area contributed by atoms with Gasteiger partial charge in [0.25, 0.3) is 5.91 Å². The Morgan fingerprint density at radius 2 is 1.93 bits per heavy atom. The third-order valence-corrected chi connectivity index (χ3v) is 6.72. The van der Waals surface area contributed by atoms with Crippen LogP contribution in [0.4, 0.5) is 0 Å². The number of methoxy groups -OCH3 is 1. The molecule has 28 heavy (non-hydrogen) atoms. The van der Waals surface area contributed by atoms with Crippen LogP contribution >= 0.6 is 0 Å². The molecular weight excluding hydrogens is 354 g/mol. The summed E-state index contributed by atoms with van der Waals surface area (Å²) in [6, 6.07) is 0.848. The van der Waals surface area contributed by atoms with Crippen molar-refractivity contribution in [2.45, 2.75) is 76.3 Å². The monoisotopic (exact) mass is 391 g/mol. The second kappa shape index (κ2) is 10.4. The summed E-state index contributed by atoms with van der Waals surface area (Å²) < 4.78 is 5.18. The zero-order valence-electron chi connectivity index (χ0n) is 17.7. The lowest BCUT2D eigenvalue weighted by Crippen LogP contribution is -2.40. The molecule has 1 aliphatic heterocycles. The van der Waals surface area contributed by atoms with Crippen LogP contribution in [0.15, 0.2) is 11.1 Å². The molecule has 3 rings (SSSR count). The molecule has 0 aromatic carbocycles. The van der Waals surface area contributed by atoms with Gasteiger partial charge in [-0.25, -0.2) is 0 Å². The number of fused-ring (bicyclic) bond motifs is 1. The van der Waals surface area contributed by atoms with E-state index in [9.17, 15) is 9.59 Å². The molecule has 0 spiro atoms. The Bertz CT molecular complexity index is 584. The predicted molar refractivity (Wildman–Crippen MR) is 110 cm³/mol. The zero-order chi connectivity index (χ0) is 19.9. The standard InChI is InChI=1S/C22H37N3O3/c1-24(17-8-4-3-5-9-17)13-12-23-21(26)16-19-18-10-6-7-11-20(18)25(22(19)27)14-15-28-2/h17,20H,3-16H2,1-2H3,(H,23,26). The van der Waals surface area contributed by atoms with E-state index in [1.807, 2.05) is 4.90 Å². The van der Waals surface area contributed by atoms with Gasteiger partial charge >= 0.3 is 0 Å². The van der Waals surface area contributed by atoms with Crippen LogP contribution in [-0.4, -0.2) is 74.1 Å². The highest BCUT2D eigenvalue weighted by Crippen LogP contribution is 2.37. The van der Waals surface area contributed by atoms with Crippen molar-refractivity contribution in [1.29, 1.82) is 0 Å². The lowest BCUT2D eigenvalue weighted by atomic mass is 9.88. The maximum Gasteiger partial charge on any atom is 0.250 e. The number of rotatable bonds is 9. The first kappa shape index (κ1) is 21.3. The van der Waals surface area contributed by atoms with Crippen LogP contribution in [0.25, 0.3) is 0 Å². The van der Waals surface area contributed by atoms with Crippen molar-refractivity contribution in [3.05, 3.63) is 11.1 Å². The maximum absolute atomic E-state index is 12.9. The zero-order valence-corrected chi connectivity index (χ0v) is 17.7. The van der Waals surface area contributed by atoms with Gasteiger partial charge in [-0.3, -0.25) is 9.59 Å². The lowest BCUT2D eigenvalue weighted by molar-refractivity contribution is -0.129. The second-order valence-corrected chi connectivity index (χ2v) is 8.56. The molecule has 0 aromatic heterocycles. The average Bonchev–Trinajstić information content (AvgIpc) is 2.98. The fourth-order valence-corrected chi connectivity index (χ4v) is 5.08. The first-order chi connectivity index (χ1) is 13.6. The largest absolute Gasteiger partial charge is 0.383 e. The van der Waals surface area contributed by atoms with E-state index in [0.29, 0.717) is 25.7 Å². The molecular formula is C22H37N3O3. The molecule has 0 radical (unpaired) electrons. The Morgan fingerprint density at radius 1 is 1.18 bits per heavy atom. The average molecular weight is 392 g/mol. The molecule has 2 amide bonds. The summed E-state index contributed by atoms with van der Waals surface area (Å²) in [7, 11) is 3.82. The molecule has 1 unspecified atom stereocenters. The molecule has 2 aliphatic carbocycles. The van der Waals surface area contributed by atoms with E-state index in [1.54, 1.807) is 7.11 Å². The van der Waals surface area contributed by atoms with Gasteiger partial charge in [0.15, 0.2) is 0 Å². The Labute approximate surface area is 169 Å². The van der Waals surface area contributed by atoms with E-state index in [4.69, 9.17) is 4.74 Å².